The molecule has 3 heterocycles. The number of pyridine rings is 2. The fourth-order valence-electron chi connectivity index (χ4n) is 6.72. The first-order chi connectivity index (χ1) is 25.2. The highest BCUT2D eigenvalue weighted by atomic mass is 14.9. The van der Waals surface area contributed by atoms with Crippen LogP contribution in [0, 0.1) is 6.92 Å². The zero-order chi connectivity index (χ0) is 34.1. The van der Waals surface area contributed by atoms with Crippen molar-refractivity contribution in [2.45, 2.75) is 6.92 Å². The van der Waals surface area contributed by atoms with Crippen LogP contribution in [0.15, 0.2) is 176 Å². The third-order valence-corrected chi connectivity index (χ3v) is 9.42. The van der Waals surface area contributed by atoms with E-state index in [0.717, 1.165) is 83.5 Å². The number of rotatable bonds is 6. The average Bonchev–Trinajstić information content (AvgIpc) is 3.21. The summed E-state index contributed by atoms with van der Waals surface area (Å²) >= 11 is 0. The predicted molar refractivity (Wildman–Crippen MR) is 210 cm³/mol. The van der Waals surface area contributed by atoms with E-state index in [4.69, 9.17) is 19.9 Å². The van der Waals surface area contributed by atoms with Crippen molar-refractivity contribution < 1.29 is 0 Å². The van der Waals surface area contributed by atoms with E-state index in [1.807, 2.05) is 42.5 Å². The Hall–Kier alpha value is -6.78. The largest absolute Gasteiger partial charge is 0.245 e. The van der Waals surface area contributed by atoms with Crippen LogP contribution in [0.5, 0.6) is 0 Å². The molecule has 3 aromatic heterocycles. The molecule has 9 rings (SSSR count). The van der Waals surface area contributed by atoms with Gasteiger partial charge in [0.2, 0.25) is 0 Å². The number of benzene rings is 6. The Balaban J connectivity index is 1.07. The van der Waals surface area contributed by atoms with Gasteiger partial charge < -0.3 is 0 Å². The van der Waals surface area contributed by atoms with Crippen molar-refractivity contribution in [3.8, 4) is 67.5 Å². The summed E-state index contributed by atoms with van der Waals surface area (Å²) in [5.74, 6) is 0.709. The smallest absolute Gasteiger partial charge is 0.160 e. The summed E-state index contributed by atoms with van der Waals surface area (Å²) < 4.78 is 0. The minimum Gasteiger partial charge on any atom is -0.245 e. The van der Waals surface area contributed by atoms with E-state index in [2.05, 4.69) is 140 Å². The third-order valence-electron chi connectivity index (χ3n) is 9.42. The highest BCUT2D eigenvalue weighted by Gasteiger charge is 2.13. The van der Waals surface area contributed by atoms with Gasteiger partial charge in [-0.15, -0.1) is 0 Å². The Morgan fingerprint density at radius 3 is 1.49 bits per heavy atom. The standard InChI is InChI=1S/C47H32N4/c1-31-28-42(33-12-5-2-6-13-33)49-46-40(31)26-24-36-25-27-41(48-45(36)46)39-19-11-18-38(29-39)32-20-22-35(23-21-32)44-30-43(34-14-7-3-8-15-34)50-47(51-44)37-16-9-4-10-17-37/h2-30H,1H3. The van der Waals surface area contributed by atoms with E-state index in [-0.39, 0.29) is 0 Å². The van der Waals surface area contributed by atoms with Crippen LogP contribution in [0.25, 0.3) is 89.4 Å². The van der Waals surface area contributed by atoms with Gasteiger partial charge in [-0.25, -0.2) is 19.9 Å². The Morgan fingerprint density at radius 2 is 0.824 bits per heavy atom. The third kappa shape index (κ3) is 5.94. The molecule has 0 saturated heterocycles. The topological polar surface area (TPSA) is 51.6 Å². The molecule has 0 N–H and O–H groups in total. The molecule has 0 unspecified atom stereocenters. The summed E-state index contributed by atoms with van der Waals surface area (Å²) in [6.07, 6.45) is 0. The molecule has 0 fully saturated rings. The fraction of sp³-hybridized carbons (Fsp3) is 0.0213. The van der Waals surface area contributed by atoms with Crippen molar-refractivity contribution in [1.29, 1.82) is 0 Å². The lowest BCUT2D eigenvalue weighted by Gasteiger charge is -2.11. The van der Waals surface area contributed by atoms with Gasteiger partial charge >= 0.3 is 0 Å². The SMILES string of the molecule is Cc1cc(-c2ccccc2)nc2c1ccc1ccc(-c3cccc(-c4ccc(-c5cc(-c6ccccc6)nc(-c6ccccc6)n5)cc4)c3)nc12. The zero-order valence-electron chi connectivity index (χ0n) is 28.0. The van der Waals surface area contributed by atoms with Crippen molar-refractivity contribution >= 4 is 21.8 Å². The summed E-state index contributed by atoms with van der Waals surface area (Å²) in [6.45, 7) is 2.15. The van der Waals surface area contributed by atoms with Crippen LogP contribution in [0.4, 0.5) is 0 Å². The summed E-state index contributed by atoms with van der Waals surface area (Å²) in [6, 6.07) is 60.8. The van der Waals surface area contributed by atoms with E-state index in [9.17, 15) is 0 Å². The lowest BCUT2D eigenvalue weighted by molar-refractivity contribution is 1.18. The highest BCUT2D eigenvalue weighted by Crippen LogP contribution is 2.33. The van der Waals surface area contributed by atoms with E-state index < -0.39 is 0 Å². The molecule has 0 radical (unpaired) electrons. The average molecular weight is 653 g/mol. The van der Waals surface area contributed by atoms with Crippen molar-refractivity contribution in [3.63, 3.8) is 0 Å². The van der Waals surface area contributed by atoms with Gasteiger partial charge in [-0.3, -0.25) is 0 Å². The molecule has 4 heteroatoms. The quantitative estimate of drug-likeness (QED) is 0.168. The van der Waals surface area contributed by atoms with Crippen molar-refractivity contribution in [1.82, 2.24) is 19.9 Å². The summed E-state index contributed by atoms with van der Waals surface area (Å²) in [4.78, 5) is 20.3. The lowest BCUT2D eigenvalue weighted by Crippen LogP contribution is -1.95. The van der Waals surface area contributed by atoms with E-state index in [0.29, 0.717) is 5.82 Å². The Bertz CT molecular complexity index is 2610. The van der Waals surface area contributed by atoms with Crippen molar-refractivity contribution in [2.24, 2.45) is 0 Å². The molecule has 0 bridgehead atoms. The molecule has 6 aromatic carbocycles. The monoisotopic (exact) mass is 652 g/mol. The molecule has 51 heavy (non-hydrogen) atoms. The Labute approximate surface area is 296 Å². The fourth-order valence-corrected chi connectivity index (χ4v) is 6.72. The molecule has 0 saturated carbocycles. The molecule has 0 atom stereocenters. The van der Waals surface area contributed by atoms with Gasteiger partial charge in [-0.2, -0.15) is 0 Å². The van der Waals surface area contributed by atoms with Gasteiger partial charge in [-0.1, -0.05) is 152 Å². The Morgan fingerprint density at radius 1 is 0.314 bits per heavy atom. The first-order valence-corrected chi connectivity index (χ1v) is 17.1. The Kier molecular flexibility index (Phi) is 7.67. The second-order valence-corrected chi connectivity index (χ2v) is 12.8. The first-order valence-electron chi connectivity index (χ1n) is 17.1. The van der Waals surface area contributed by atoms with E-state index >= 15 is 0 Å². The van der Waals surface area contributed by atoms with Crippen LogP contribution in [0.3, 0.4) is 0 Å². The number of nitrogens with zero attached hydrogens (tertiary/aromatic N) is 4. The van der Waals surface area contributed by atoms with Crippen LogP contribution >= 0.6 is 0 Å². The van der Waals surface area contributed by atoms with Gasteiger partial charge in [-0.05, 0) is 47.9 Å². The minimum atomic E-state index is 0.709. The van der Waals surface area contributed by atoms with Crippen molar-refractivity contribution in [3.05, 3.63) is 181 Å². The number of hydrogen-bond donors (Lipinski definition) is 0. The van der Waals surface area contributed by atoms with Gasteiger partial charge in [0, 0.05) is 38.6 Å². The number of fused-ring (bicyclic) bond motifs is 3. The van der Waals surface area contributed by atoms with E-state index in [1.54, 1.807) is 0 Å². The van der Waals surface area contributed by atoms with Crippen LogP contribution in [0.1, 0.15) is 5.56 Å². The highest BCUT2D eigenvalue weighted by molar-refractivity contribution is 6.05. The molecular weight excluding hydrogens is 621 g/mol. The molecule has 0 spiro atoms. The minimum absolute atomic E-state index is 0.709. The van der Waals surface area contributed by atoms with Crippen LogP contribution in [0.2, 0.25) is 0 Å². The maximum absolute atomic E-state index is 5.23. The van der Waals surface area contributed by atoms with Gasteiger partial charge in [0.1, 0.15) is 0 Å². The number of aromatic nitrogens is 4. The van der Waals surface area contributed by atoms with Crippen LogP contribution in [-0.2, 0) is 0 Å². The maximum atomic E-state index is 5.23. The molecule has 0 aliphatic heterocycles. The second kappa shape index (κ2) is 12.9. The lowest BCUT2D eigenvalue weighted by atomic mass is 9.98. The normalized spacial score (nSPS) is 11.2. The summed E-state index contributed by atoms with van der Waals surface area (Å²) in [5, 5.41) is 2.20. The van der Waals surface area contributed by atoms with Gasteiger partial charge in [0.25, 0.3) is 0 Å². The molecule has 0 amide bonds. The molecule has 4 nitrogen and oxygen atoms in total. The molecule has 240 valence electrons. The second-order valence-electron chi connectivity index (χ2n) is 12.8. The number of aryl methyl sites for hydroxylation is 1. The van der Waals surface area contributed by atoms with Gasteiger partial charge in [0.15, 0.2) is 5.82 Å². The van der Waals surface area contributed by atoms with Crippen LogP contribution in [-0.4, -0.2) is 19.9 Å². The maximum Gasteiger partial charge on any atom is 0.160 e. The summed E-state index contributed by atoms with van der Waals surface area (Å²) in [5.41, 5.74) is 14.2. The van der Waals surface area contributed by atoms with Gasteiger partial charge in [0.05, 0.1) is 33.8 Å². The number of hydrogen-bond acceptors (Lipinski definition) is 4. The molecule has 9 aromatic rings. The molecule has 0 aliphatic carbocycles. The first kappa shape index (κ1) is 30.3. The predicted octanol–water partition coefficient (Wildman–Crippen LogP) is 11.9. The van der Waals surface area contributed by atoms with Crippen molar-refractivity contribution in [2.75, 3.05) is 0 Å². The summed E-state index contributed by atoms with van der Waals surface area (Å²) in [7, 11) is 0. The zero-order valence-corrected chi connectivity index (χ0v) is 28.0. The molecular formula is C47H32N4. The molecule has 0 aliphatic rings. The van der Waals surface area contributed by atoms with Crippen LogP contribution < -0.4 is 0 Å². The van der Waals surface area contributed by atoms with E-state index in [1.165, 1.54) is 5.56 Å².